The van der Waals surface area contributed by atoms with Crippen LogP contribution in [0.15, 0.2) is 21.1 Å². The minimum absolute atomic E-state index is 0.258. The van der Waals surface area contributed by atoms with E-state index in [9.17, 15) is 4.79 Å². The summed E-state index contributed by atoms with van der Waals surface area (Å²) in [5, 5.41) is 0. The maximum absolute atomic E-state index is 11.6. The van der Waals surface area contributed by atoms with Crippen molar-refractivity contribution in [3.8, 4) is 5.75 Å². The molecule has 0 N–H and O–H groups in total. The van der Waals surface area contributed by atoms with Crippen LogP contribution in [0.2, 0.25) is 0 Å². The van der Waals surface area contributed by atoms with Crippen molar-refractivity contribution in [1.82, 2.24) is 0 Å². The van der Waals surface area contributed by atoms with Gasteiger partial charge in [-0.1, -0.05) is 31.9 Å². The number of hydrogen-bond donors (Lipinski definition) is 0. The summed E-state index contributed by atoms with van der Waals surface area (Å²) in [4.78, 5) is 11.2. The molecule has 0 bridgehead atoms. The van der Waals surface area contributed by atoms with E-state index in [1.807, 2.05) is 12.1 Å². The Balaban J connectivity index is 2.87. The predicted octanol–water partition coefficient (Wildman–Crippen LogP) is 4.09. The molecule has 1 aromatic carbocycles. The maximum atomic E-state index is 11.6. The van der Waals surface area contributed by atoms with Gasteiger partial charge in [-0.25, -0.2) is 0 Å². The Labute approximate surface area is 132 Å². The molecule has 18 heavy (non-hydrogen) atoms. The smallest absolute Gasteiger partial charge is 0.320 e. The number of halogens is 3. The van der Waals surface area contributed by atoms with E-state index in [1.54, 1.807) is 14.0 Å². The van der Waals surface area contributed by atoms with Crippen LogP contribution in [0, 0.1) is 0 Å². The van der Waals surface area contributed by atoms with E-state index in [2.05, 4.69) is 47.8 Å². The van der Waals surface area contributed by atoms with E-state index in [1.165, 1.54) is 0 Å². The van der Waals surface area contributed by atoms with Crippen molar-refractivity contribution < 1.29 is 14.3 Å². The number of alkyl halides is 1. The molecule has 1 aromatic rings. The third kappa shape index (κ3) is 4.24. The first-order valence-electron chi connectivity index (χ1n) is 5.32. The van der Waals surface area contributed by atoms with Crippen molar-refractivity contribution >= 4 is 53.8 Å². The highest BCUT2D eigenvalue weighted by atomic mass is 79.9. The van der Waals surface area contributed by atoms with Crippen LogP contribution in [-0.4, -0.2) is 24.5 Å². The summed E-state index contributed by atoms with van der Waals surface area (Å²) >= 11 is 10.2. The van der Waals surface area contributed by atoms with Gasteiger partial charge < -0.3 is 9.47 Å². The van der Waals surface area contributed by atoms with Gasteiger partial charge in [-0.3, -0.25) is 4.79 Å². The zero-order chi connectivity index (χ0) is 13.7. The molecule has 3 nitrogen and oxygen atoms in total. The Morgan fingerprint density at radius 2 is 2.00 bits per heavy atom. The predicted molar refractivity (Wildman–Crippen MR) is 81.4 cm³/mol. The lowest BCUT2D eigenvalue weighted by atomic mass is 10.1. The van der Waals surface area contributed by atoms with E-state index in [-0.39, 0.29) is 10.8 Å². The zero-order valence-corrected chi connectivity index (χ0v) is 14.8. The fourth-order valence-corrected chi connectivity index (χ4v) is 3.19. The van der Waals surface area contributed by atoms with Gasteiger partial charge in [0.25, 0.3) is 0 Å². The summed E-state index contributed by atoms with van der Waals surface area (Å²) in [5.74, 6) is 0.475. The van der Waals surface area contributed by atoms with Crippen LogP contribution >= 0.6 is 47.8 Å². The molecule has 0 aliphatic heterocycles. The molecular formula is C12H13Br3O3. The van der Waals surface area contributed by atoms with E-state index in [0.29, 0.717) is 13.0 Å². The van der Waals surface area contributed by atoms with Gasteiger partial charge in [0.2, 0.25) is 0 Å². The van der Waals surface area contributed by atoms with Crippen LogP contribution in [0.25, 0.3) is 0 Å². The van der Waals surface area contributed by atoms with Crippen LogP contribution in [0.4, 0.5) is 0 Å². The first-order chi connectivity index (χ1) is 8.49. The summed E-state index contributed by atoms with van der Waals surface area (Å²) in [6, 6.07) is 3.79. The summed E-state index contributed by atoms with van der Waals surface area (Å²) in [6.45, 7) is 2.17. The number of esters is 1. The third-order valence-corrected chi connectivity index (χ3v) is 4.32. The second-order valence-electron chi connectivity index (χ2n) is 3.50. The number of rotatable bonds is 5. The van der Waals surface area contributed by atoms with Crippen molar-refractivity contribution in [3.63, 3.8) is 0 Å². The Kier molecular flexibility index (Phi) is 6.66. The number of hydrogen-bond acceptors (Lipinski definition) is 3. The molecule has 1 rings (SSSR count). The van der Waals surface area contributed by atoms with Crippen molar-refractivity contribution in [2.45, 2.75) is 18.2 Å². The molecule has 0 amide bonds. The SMILES string of the molecule is CCOC(=O)C(Br)Cc1cc(OC)c(Br)cc1Br. The molecule has 0 saturated carbocycles. The first kappa shape index (κ1) is 16.0. The molecule has 0 aromatic heterocycles. The molecule has 0 saturated heterocycles. The van der Waals surface area contributed by atoms with E-state index in [0.717, 1.165) is 20.3 Å². The van der Waals surface area contributed by atoms with Crippen molar-refractivity contribution in [1.29, 1.82) is 0 Å². The molecule has 6 heteroatoms. The van der Waals surface area contributed by atoms with Crippen LogP contribution < -0.4 is 4.74 Å². The van der Waals surface area contributed by atoms with Crippen LogP contribution in [0.5, 0.6) is 5.75 Å². The van der Waals surface area contributed by atoms with Gasteiger partial charge in [-0.2, -0.15) is 0 Å². The number of benzene rings is 1. The largest absolute Gasteiger partial charge is 0.496 e. The lowest BCUT2D eigenvalue weighted by Gasteiger charge is -2.12. The molecule has 100 valence electrons. The Bertz CT molecular complexity index is 435. The second kappa shape index (κ2) is 7.50. The van der Waals surface area contributed by atoms with Gasteiger partial charge in [0, 0.05) is 4.47 Å². The fourth-order valence-electron chi connectivity index (χ4n) is 1.39. The molecule has 1 unspecified atom stereocenters. The highest BCUT2D eigenvalue weighted by molar-refractivity contribution is 9.11. The third-order valence-electron chi connectivity index (χ3n) is 2.26. The molecule has 0 spiro atoms. The number of carbonyl (C=O) groups is 1. The van der Waals surface area contributed by atoms with E-state index >= 15 is 0 Å². The van der Waals surface area contributed by atoms with Gasteiger partial charge in [-0.05, 0) is 47.0 Å². The Morgan fingerprint density at radius 1 is 1.33 bits per heavy atom. The quantitative estimate of drug-likeness (QED) is 0.507. The Hall–Kier alpha value is -0.0700. The average Bonchev–Trinajstić information content (AvgIpc) is 2.32. The van der Waals surface area contributed by atoms with Crippen molar-refractivity contribution in [3.05, 3.63) is 26.6 Å². The minimum atomic E-state index is -0.361. The number of carbonyl (C=O) groups excluding carboxylic acids is 1. The van der Waals surface area contributed by atoms with E-state index < -0.39 is 0 Å². The standard InChI is InChI=1S/C12H13Br3O3/c1-3-18-12(16)10(15)4-7-5-11(17-2)9(14)6-8(7)13/h5-6,10H,3-4H2,1-2H3. The normalized spacial score (nSPS) is 12.1. The van der Waals surface area contributed by atoms with Gasteiger partial charge in [0.1, 0.15) is 10.6 Å². The first-order valence-corrected chi connectivity index (χ1v) is 7.82. The molecule has 1 atom stereocenters. The summed E-state index contributed by atoms with van der Waals surface area (Å²) < 4.78 is 12.0. The Morgan fingerprint density at radius 3 is 2.56 bits per heavy atom. The van der Waals surface area contributed by atoms with E-state index in [4.69, 9.17) is 9.47 Å². The molecule has 0 aliphatic rings. The molecular weight excluding hydrogens is 432 g/mol. The van der Waals surface area contributed by atoms with Crippen LogP contribution in [-0.2, 0) is 16.0 Å². The van der Waals surface area contributed by atoms with Crippen LogP contribution in [0.1, 0.15) is 12.5 Å². The highest BCUT2D eigenvalue weighted by Gasteiger charge is 2.19. The maximum Gasteiger partial charge on any atom is 0.320 e. The molecule has 0 heterocycles. The lowest BCUT2D eigenvalue weighted by molar-refractivity contribution is -0.142. The number of ether oxygens (including phenoxy) is 2. The minimum Gasteiger partial charge on any atom is -0.496 e. The van der Waals surface area contributed by atoms with Gasteiger partial charge >= 0.3 is 5.97 Å². The number of methoxy groups -OCH3 is 1. The van der Waals surface area contributed by atoms with Gasteiger partial charge in [0.05, 0.1) is 18.2 Å². The average molecular weight is 445 g/mol. The molecule has 0 radical (unpaired) electrons. The van der Waals surface area contributed by atoms with Crippen molar-refractivity contribution in [2.24, 2.45) is 0 Å². The van der Waals surface area contributed by atoms with Gasteiger partial charge in [0.15, 0.2) is 0 Å². The zero-order valence-electron chi connectivity index (χ0n) is 10.0. The second-order valence-corrected chi connectivity index (χ2v) is 6.32. The summed E-state index contributed by atoms with van der Waals surface area (Å²) in [7, 11) is 1.61. The fraction of sp³-hybridized carbons (Fsp3) is 0.417. The van der Waals surface area contributed by atoms with Gasteiger partial charge in [-0.15, -0.1) is 0 Å². The topological polar surface area (TPSA) is 35.5 Å². The lowest BCUT2D eigenvalue weighted by Crippen LogP contribution is -2.19. The monoisotopic (exact) mass is 442 g/mol. The molecule has 0 fully saturated rings. The van der Waals surface area contributed by atoms with Crippen LogP contribution in [0.3, 0.4) is 0 Å². The van der Waals surface area contributed by atoms with Crippen molar-refractivity contribution in [2.75, 3.05) is 13.7 Å². The molecule has 0 aliphatic carbocycles. The highest BCUT2D eigenvalue weighted by Crippen LogP contribution is 2.32. The summed E-state index contributed by atoms with van der Waals surface area (Å²) in [6.07, 6.45) is 0.531. The summed E-state index contributed by atoms with van der Waals surface area (Å²) in [5.41, 5.74) is 0.977.